The average molecular weight is 674 g/mol. The molecule has 11 nitrogen and oxygen atoms in total. The van der Waals surface area contributed by atoms with Crippen molar-refractivity contribution < 1.29 is 28.6 Å². The molecule has 0 aliphatic carbocycles. The van der Waals surface area contributed by atoms with Gasteiger partial charge in [0.2, 0.25) is 0 Å². The number of halogens is 1. The molecule has 1 aromatic heterocycles. The second-order valence-corrected chi connectivity index (χ2v) is 15.5. The highest BCUT2D eigenvalue weighted by Gasteiger charge is 2.37. The minimum absolute atomic E-state index is 0.0163. The number of amides is 3. The number of hydrogen-bond donors (Lipinski definition) is 2. The Labute approximate surface area is 284 Å². The van der Waals surface area contributed by atoms with Gasteiger partial charge in [-0.2, -0.15) is 0 Å². The highest BCUT2D eigenvalue weighted by molar-refractivity contribution is 6.30. The number of carbonyl (C=O) groups is 3. The minimum atomic E-state index is -0.648. The molecule has 2 heterocycles. The van der Waals surface area contributed by atoms with E-state index in [2.05, 4.69) is 10.6 Å². The third-order valence-electron chi connectivity index (χ3n) is 6.94. The summed E-state index contributed by atoms with van der Waals surface area (Å²) >= 11 is 6.08. The van der Waals surface area contributed by atoms with Crippen molar-refractivity contribution in [3.63, 3.8) is 0 Å². The van der Waals surface area contributed by atoms with Crippen molar-refractivity contribution in [1.82, 2.24) is 20.1 Å². The summed E-state index contributed by atoms with van der Waals surface area (Å²) in [6.07, 6.45) is -0.829. The van der Waals surface area contributed by atoms with Gasteiger partial charge in [-0.15, -0.1) is 0 Å². The average Bonchev–Trinajstić information content (AvgIpc) is 3.28. The molecule has 0 spiro atoms. The van der Waals surface area contributed by atoms with Gasteiger partial charge in [0, 0.05) is 49.5 Å². The van der Waals surface area contributed by atoms with E-state index in [1.165, 1.54) is 0 Å². The molecule has 12 heteroatoms. The largest absolute Gasteiger partial charge is 0.444 e. The Morgan fingerprint density at radius 3 is 2.13 bits per heavy atom. The van der Waals surface area contributed by atoms with E-state index in [0.29, 0.717) is 50.0 Å². The summed E-state index contributed by atoms with van der Waals surface area (Å²) in [6.45, 7) is 20.5. The van der Waals surface area contributed by atoms with E-state index < -0.39 is 29.0 Å². The first-order valence-electron chi connectivity index (χ1n) is 16.1. The summed E-state index contributed by atoms with van der Waals surface area (Å²) in [5, 5.41) is 6.95. The van der Waals surface area contributed by atoms with E-state index in [1.807, 2.05) is 66.7 Å². The maximum absolute atomic E-state index is 13.2. The topological polar surface area (TPSA) is 122 Å². The quantitative estimate of drug-likeness (QED) is 0.268. The maximum atomic E-state index is 13.2. The zero-order chi connectivity index (χ0) is 35.2. The second-order valence-electron chi connectivity index (χ2n) is 15.1. The normalized spacial score (nSPS) is 16.9. The molecule has 1 aliphatic rings. The monoisotopic (exact) mass is 673 g/mol. The first-order chi connectivity index (χ1) is 21.7. The smallest absolute Gasteiger partial charge is 0.413 e. The number of benzene rings is 1. The molecule has 260 valence electrons. The summed E-state index contributed by atoms with van der Waals surface area (Å²) in [5.74, 6) is 0.383. The number of hydrogen-bond acceptors (Lipinski definition) is 8. The lowest BCUT2D eigenvalue weighted by molar-refractivity contribution is 0.0233. The maximum Gasteiger partial charge on any atom is 0.413 e. The zero-order valence-corrected chi connectivity index (χ0v) is 30.3. The first kappa shape index (κ1) is 37.9. The molecule has 1 aromatic carbocycles. The summed E-state index contributed by atoms with van der Waals surface area (Å²) in [5.41, 5.74) is 0.716. The second kappa shape index (κ2) is 15.6. The Bertz CT molecular complexity index is 1380. The van der Waals surface area contributed by atoms with Gasteiger partial charge in [-0.1, -0.05) is 23.7 Å². The fraction of sp³-hybridized carbons (Fsp3) is 0.600. The van der Waals surface area contributed by atoms with Crippen LogP contribution in [-0.4, -0.2) is 82.1 Å². The molecule has 3 amide bonds. The molecule has 3 rings (SSSR count). The van der Waals surface area contributed by atoms with E-state index in [9.17, 15) is 14.4 Å². The summed E-state index contributed by atoms with van der Waals surface area (Å²) in [6, 6.07) is 11.0. The zero-order valence-electron chi connectivity index (χ0n) is 29.5. The highest BCUT2D eigenvalue weighted by atomic mass is 35.5. The van der Waals surface area contributed by atoms with Crippen LogP contribution in [0.1, 0.15) is 79.1 Å². The van der Waals surface area contributed by atoms with Gasteiger partial charge in [0.15, 0.2) is 0 Å². The molecule has 0 radical (unpaired) electrons. The van der Waals surface area contributed by atoms with Crippen LogP contribution in [0.4, 0.5) is 20.2 Å². The number of aryl methyl sites for hydroxylation is 1. The van der Waals surface area contributed by atoms with Crippen LogP contribution in [0.5, 0.6) is 0 Å². The van der Waals surface area contributed by atoms with Crippen LogP contribution >= 0.6 is 11.6 Å². The van der Waals surface area contributed by atoms with Crippen molar-refractivity contribution in [2.45, 2.75) is 105 Å². The molecule has 2 unspecified atom stereocenters. The van der Waals surface area contributed by atoms with E-state index >= 15 is 0 Å². The van der Waals surface area contributed by atoms with Gasteiger partial charge in [-0.25, -0.2) is 19.4 Å². The van der Waals surface area contributed by atoms with Crippen LogP contribution in [0, 0.1) is 12.8 Å². The molecule has 0 bridgehead atoms. The van der Waals surface area contributed by atoms with Gasteiger partial charge < -0.3 is 29.3 Å². The minimum Gasteiger partial charge on any atom is -0.444 e. The fourth-order valence-corrected chi connectivity index (χ4v) is 5.25. The van der Waals surface area contributed by atoms with Crippen molar-refractivity contribution in [3.8, 4) is 0 Å². The molecule has 1 fully saturated rings. The molecule has 47 heavy (non-hydrogen) atoms. The summed E-state index contributed by atoms with van der Waals surface area (Å²) in [7, 11) is 0. The third-order valence-corrected chi connectivity index (χ3v) is 7.19. The Balaban J connectivity index is 1.77. The van der Waals surface area contributed by atoms with E-state index in [4.69, 9.17) is 30.8 Å². The summed E-state index contributed by atoms with van der Waals surface area (Å²) < 4.78 is 16.8. The van der Waals surface area contributed by atoms with Crippen molar-refractivity contribution >= 4 is 35.7 Å². The Hall–Kier alpha value is -3.57. The highest BCUT2D eigenvalue weighted by Crippen LogP contribution is 2.25. The van der Waals surface area contributed by atoms with Gasteiger partial charge in [0.25, 0.3) is 0 Å². The predicted octanol–water partition coefficient (Wildman–Crippen LogP) is 7.20. The first-order valence-corrected chi connectivity index (χ1v) is 16.4. The Kier molecular flexibility index (Phi) is 12.5. The molecule has 2 N–H and O–H groups in total. The van der Waals surface area contributed by atoms with Crippen LogP contribution in [0.2, 0.25) is 5.02 Å². The van der Waals surface area contributed by atoms with Gasteiger partial charge in [-0.3, -0.25) is 5.32 Å². The Morgan fingerprint density at radius 1 is 0.915 bits per heavy atom. The number of pyridine rings is 1. The SMILES string of the molecule is Cc1cc(CC2CN(C(=O)OC(C)(C)C)CC2NCCN(Cc2ccc(Cl)cc2)C(=O)OC(C)(C)C)nc(NC(=O)OC(C)(C)C)c1. The number of aromatic nitrogens is 1. The molecular weight excluding hydrogens is 622 g/mol. The molecule has 2 atom stereocenters. The number of carbonyl (C=O) groups excluding carboxylic acids is 3. The molecule has 0 saturated carbocycles. The third kappa shape index (κ3) is 13.6. The van der Waals surface area contributed by atoms with Crippen LogP contribution in [-0.2, 0) is 27.2 Å². The van der Waals surface area contributed by atoms with Gasteiger partial charge in [0.05, 0.1) is 0 Å². The number of likely N-dealkylation sites (tertiary alicyclic amines) is 1. The molecule has 2 aromatic rings. The van der Waals surface area contributed by atoms with Crippen LogP contribution < -0.4 is 10.6 Å². The predicted molar refractivity (Wildman–Crippen MR) is 184 cm³/mol. The number of rotatable bonds is 9. The van der Waals surface area contributed by atoms with Crippen molar-refractivity contribution in [1.29, 1.82) is 0 Å². The summed E-state index contributed by atoms with van der Waals surface area (Å²) in [4.78, 5) is 46.8. The lowest BCUT2D eigenvalue weighted by Crippen LogP contribution is -2.44. The van der Waals surface area contributed by atoms with Crippen LogP contribution in [0.15, 0.2) is 36.4 Å². The van der Waals surface area contributed by atoms with Crippen molar-refractivity contribution in [3.05, 3.63) is 58.2 Å². The van der Waals surface area contributed by atoms with E-state index in [0.717, 1.165) is 16.8 Å². The van der Waals surface area contributed by atoms with Crippen molar-refractivity contribution in [2.24, 2.45) is 5.92 Å². The number of nitrogens with one attached hydrogen (secondary N) is 2. The van der Waals surface area contributed by atoms with Gasteiger partial charge >= 0.3 is 18.3 Å². The van der Waals surface area contributed by atoms with Gasteiger partial charge in [-0.05, 0) is 117 Å². The fourth-order valence-electron chi connectivity index (χ4n) is 5.13. The van der Waals surface area contributed by atoms with Crippen LogP contribution in [0.3, 0.4) is 0 Å². The standard InChI is InChI=1S/C35H52ClN5O6/c1-23-17-27(38-29(18-23)39-30(42)45-33(2,3)4)19-25-21-41(32(44)47-35(8,9)10)22-28(25)37-15-16-40(31(43)46-34(5,6)7)20-24-11-13-26(36)14-12-24/h11-14,17-18,25,28,37H,15-16,19-22H2,1-10H3,(H,38,39,42). The van der Waals surface area contributed by atoms with E-state index in [-0.39, 0.29) is 18.1 Å². The van der Waals surface area contributed by atoms with E-state index in [1.54, 1.807) is 48.8 Å². The number of nitrogens with zero attached hydrogens (tertiary/aromatic N) is 3. The number of ether oxygens (including phenoxy) is 3. The molecular formula is C35H52ClN5O6. The van der Waals surface area contributed by atoms with Crippen molar-refractivity contribution in [2.75, 3.05) is 31.5 Å². The lowest BCUT2D eigenvalue weighted by Gasteiger charge is -2.28. The lowest BCUT2D eigenvalue weighted by atomic mass is 9.97. The molecule has 1 saturated heterocycles. The van der Waals surface area contributed by atoms with Crippen LogP contribution in [0.25, 0.3) is 0 Å². The number of anilines is 1. The molecule has 1 aliphatic heterocycles. The Morgan fingerprint density at radius 2 is 1.53 bits per heavy atom. The van der Waals surface area contributed by atoms with Gasteiger partial charge in [0.1, 0.15) is 22.6 Å².